The molecule has 1 aromatic heterocycles. The zero-order valence-electron chi connectivity index (χ0n) is 12.2. The minimum Gasteiger partial charge on any atom is -0.321 e. The van der Waals surface area contributed by atoms with Crippen LogP contribution in [0.15, 0.2) is 24.3 Å². The lowest BCUT2D eigenvalue weighted by atomic mass is 10.0. The van der Waals surface area contributed by atoms with Gasteiger partial charge in [0.25, 0.3) is 5.91 Å². The predicted octanol–water partition coefficient (Wildman–Crippen LogP) is 5.42. The van der Waals surface area contributed by atoms with Gasteiger partial charge in [0.05, 0.1) is 5.56 Å². The number of aromatic nitrogens is 1. The van der Waals surface area contributed by atoms with E-state index in [2.05, 4.69) is 10.3 Å². The number of carbonyl (C=O) groups excluding carboxylic acids is 1. The van der Waals surface area contributed by atoms with E-state index in [0.717, 1.165) is 29.7 Å². The van der Waals surface area contributed by atoms with Gasteiger partial charge in [0.2, 0.25) is 0 Å². The van der Waals surface area contributed by atoms with Crippen LogP contribution in [0.5, 0.6) is 0 Å². The molecule has 6 heteroatoms. The number of aryl methyl sites for hydroxylation is 1. The molecule has 2 aromatic rings. The predicted molar refractivity (Wildman–Crippen MR) is 92.4 cm³/mol. The van der Waals surface area contributed by atoms with Gasteiger partial charge in [0.1, 0.15) is 10.3 Å². The number of benzene rings is 1. The lowest BCUT2D eigenvalue weighted by Crippen LogP contribution is -2.16. The summed E-state index contributed by atoms with van der Waals surface area (Å²) < 4.78 is 0. The molecule has 2 rings (SSSR count). The number of halogens is 3. The smallest absolute Gasteiger partial charge is 0.258 e. The van der Waals surface area contributed by atoms with E-state index >= 15 is 0 Å². The van der Waals surface area contributed by atoms with Crippen LogP contribution in [-0.4, -0.2) is 10.9 Å². The first-order chi connectivity index (χ1) is 10.5. The monoisotopic (exact) mass is 356 g/mol. The van der Waals surface area contributed by atoms with E-state index in [1.807, 2.05) is 26.0 Å². The van der Waals surface area contributed by atoms with Crippen LogP contribution < -0.4 is 5.32 Å². The summed E-state index contributed by atoms with van der Waals surface area (Å²) in [5.74, 6) is -0.333. The van der Waals surface area contributed by atoms with Gasteiger partial charge in [-0.25, -0.2) is 4.98 Å². The Hall–Kier alpha value is -1.29. The van der Waals surface area contributed by atoms with Crippen molar-refractivity contribution in [3.8, 4) is 0 Å². The van der Waals surface area contributed by atoms with Crippen LogP contribution >= 0.6 is 34.8 Å². The van der Waals surface area contributed by atoms with Gasteiger partial charge < -0.3 is 5.32 Å². The fourth-order valence-electron chi connectivity index (χ4n) is 2.23. The van der Waals surface area contributed by atoms with Gasteiger partial charge in [-0.3, -0.25) is 4.79 Å². The van der Waals surface area contributed by atoms with Crippen LogP contribution in [0.25, 0.3) is 0 Å². The van der Waals surface area contributed by atoms with Gasteiger partial charge in [-0.15, -0.1) is 0 Å². The molecule has 0 radical (unpaired) electrons. The summed E-state index contributed by atoms with van der Waals surface area (Å²) in [6, 6.07) is 6.85. The number of hydrogen-bond donors (Lipinski definition) is 1. The Balaban J connectivity index is 2.41. The number of rotatable bonds is 4. The minimum absolute atomic E-state index is 0.0723. The number of amides is 1. The molecule has 0 aliphatic rings. The lowest BCUT2D eigenvalue weighted by molar-refractivity contribution is 0.102. The molecule has 0 fully saturated rings. The molecule has 3 nitrogen and oxygen atoms in total. The Morgan fingerprint density at radius 3 is 2.41 bits per heavy atom. The number of nitrogens with one attached hydrogen (secondary N) is 1. The Labute approximate surface area is 144 Å². The van der Waals surface area contributed by atoms with E-state index in [1.165, 1.54) is 6.07 Å². The molecule has 0 spiro atoms. The zero-order valence-corrected chi connectivity index (χ0v) is 14.5. The van der Waals surface area contributed by atoms with Gasteiger partial charge in [-0.1, -0.05) is 54.7 Å². The van der Waals surface area contributed by atoms with Crippen LogP contribution in [0.4, 0.5) is 5.69 Å². The SMILES string of the molecule is CCc1ccc(Cl)c(CC)c1NC(=O)c1ccc(Cl)nc1Cl. The summed E-state index contributed by atoms with van der Waals surface area (Å²) in [6.45, 7) is 4.02. The molecule has 0 atom stereocenters. The van der Waals surface area contributed by atoms with E-state index < -0.39 is 0 Å². The summed E-state index contributed by atoms with van der Waals surface area (Å²) in [5.41, 5.74) is 2.95. The molecule has 0 saturated carbocycles. The quantitative estimate of drug-likeness (QED) is 0.742. The highest BCUT2D eigenvalue weighted by Gasteiger charge is 2.17. The van der Waals surface area contributed by atoms with Gasteiger partial charge in [-0.2, -0.15) is 0 Å². The maximum atomic E-state index is 12.5. The molecule has 0 aliphatic carbocycles. The molecule has 22 heavy (non-hydrogen) atoms. The number of pyridine rings is 1. The van der Waals surface area contributed by atoms with Crippen molar-refractivity contribution in [3.05, 3.63) is 56.3 Å². The van der Waals surface area contributed by atoms with Gasteiger partial charge in [0, 0.05) is 10.7 Å². The second kappa shape index (κ2) is 7.32. The number of anilines is 1. The van der Waals surface area contributed by atoms with Crippen molar-refractivity contribution in [2.45, 2.75) is 26.7 Å². The first-order valence-electron chi connectivity index (χ1n) is 6.91. The van der Waals surface area contributed by atoms with Crippen molar-refractivity contribution in [2.75, 3.05) is 5.32 Å². The van der Waals surface area contributed by atoms with Crippen LogP contribution in [0.2, 0.25) is 15.3 Å². The Kier molecular flexibility index (Phi) is 5.68. The molecular weight excluding hydrogens is 343 g/mol. The molecule has 116 valence electrons. The van der Waals surface area contributed by atoms with Crippen molar-refractivity contribution in [1.29, 1.82) is 0 Å². The average Bonchev–Trinajstić information content (AvgIpc) is 2.47. The number of nitrogens with zero attached hydrogens (tertiary/aromatic N) is 1. The molecule has 0 aliphatic heterocycles. The first kappa shape index (κ1) is 17.1. The van der Waals surface area contributed by atoms with Crippen LogP contribution in [0.1, 0.15) is 35.3 Å². The van der Waals surface area contributed by atoms with Crippen molar-refractivity contribution in [3.63, 3.8) is 0 Å². The number of carbonyl (C=O) groups is 1. The van der Waals surface area contributed by atoms with Gasteiger partial charge in [0.15, 0.2) is 0 Å². The van der Waals surface area contributed by atoms with Gasteiger partial charge in [-0.05, 0) is 42.2 Å². The molecule has 1 N–H and O–H groups in total. The maximum absolute atomic E-state index is 12.5. The molecule has 0 bridgehead atoms. The molecule has 0 unspecified atom stereocenters. The fraction of sp³-hybridized carbons (Fsp3) is 0.250. The van der Waals surface area contributed by atoms with E-state index in [1.54, 1.807) is 6.07 Å². The van der Waals surface area contributed by atoms with E-state index in [4.69, 9.17) is 34.8 Å². The molecule has 0 saturated heterocycles. The van der Waals surface area contributed by atoms with Crippen LogP contribution in [0.3, 0.4) is 0 Å². The van der Waals surface area contributed by atoms with E-state index in [9.17, 15) is 4.79 Å². The first-order valence-corrected chi connectivity index (χ1v) is 8.04. The number of hydrogen-bond acceptors (Lipinski definition) is 2. The minimum atomic E-state index is -0.333. The van der Waals surface area contributed by atoms with Crippen LogP contribution in [0, 0.1) is 0 Å². The normalized spacial score (nSPS) is 10.6. The highest BCUT2D eigenvalue weighted by atomic mass is 35.5. The highest BCUT2D eigenvalue weighted by molar-refractivity contribution is 6.35. The Bertz CT molecular complexity index is 717. The third kappa shape index (κ3) is 3.54. The Morgan fingerprint density at radius 2 is 1.82 bits per heavy atom. The standard InChI is InChI=1S/C16H15Cl3N2O/c1-3-9-5-7-12(17)10(4-2)14(9)21-16(22)11-6-8-13(18)20-15(11)19/h5-8H,3-4H2,1-2H3,(H,21,22). The Morgan fingerprint density at radius 1 is 1.09 bits per heavy atom. The largest absolute Gasteiger partial charge is 0.321 e. The summed E-state index contributed by atoms with van der Waals surface area (Å²) in [4.78, 5) is 16.4. The van der Waals surface area contributed by atoms with E-state index in [-0.39, 0.29) is 21.8 Å². The molecular formula is C16H15Cl3N2O. The van der Waals surface area contributed by atoms with E-state index in [0.29, 0.717) is 5.02 Å². The lowest BCUT2D eigenvalue weighted by Gasteiger charge is -2.16. The maximum Gasteiger partial charge on any atom is 0.258 e. The van der Waals surface area contributed by atoms with Crippen molar-refractivity contribution in [1.82, 2.24) is 4.98 Å². The summed E-state index contributed by atoms with van der Waals surface area (Å²) >= 11 is 18.0. The third-order valence-corrected chi connectivity index (χ3v) is 4.23. The average molecular weight is 358 g/mol. The zero-order chi connectivity index (χ0) is 16.3. The fourth-order valence-corrected chi connectivity index (χ4v) is 2.95. The molecule has 1 aromatic carbocycles. The second-order valence-electron chi connectivity index (χ2n) is 4.69. The van der Waals surface area contributed by atoms with Gasteiger partial charge >= 0.3 is 0 Å². The highest BCUT2D eigenvalue weighted by Crippen LogP contribution is 2.30. The third-order valence-electron chi connectivity index (χ3n) is 3.37. The van der Waals surface area contributed by atoms with Crippen molar-refractivity contribution < 1.29 is 4.79 Å². The summed E-state index contributed by atoms with van der Waals surface area (Å²) in [6.07, 6.45) is 1.50. The van der Waals surface area contributed by atoms with Crippen molar-refractivity contribution >= 4 is 46.4 Å². The van der Waals surface area contributed by atoms with Crippen molar-refractivity contribution in [2.24, 2.45) is 0 Å². The molecule has 1 amide bonds. The topological polar surface area (TPSA) is 42.0 Å². The summed E-state index contributed by atoms with van der Waals surface area (Å²) in [7, 11) is 0. The summed E-state index contributed by atoms with van der Waals surface area (Å²) in [5, 5.41) is 3.86. The van der Waals surface area contributed by atoms with Crippen LogP contribution in [-0.2, 0) is 12.8 Å². The second-order valence-corrected chi connectivity index (χ2v) is 5.85. The molecule has 1 heterocycles.